The van der Waals surface area contributed by atoms with E-state index < -0.39 is 5.97 Å². The van der Waals surface area contributed by atoms with E-state index in [1.54, 1.807) is 4.68 Å². The fourth-order valence-corrected chi connectivity index (χ4v) is 2.57. The Bertz CT molecular complexity index is 420. The van der Waals surface area contributed by atoms with Gasteiger partial charge in [-0.1, -0.05) is 13.8 Å². The molecule has 1 aromatic heterocycles. The van der Waals surface area contributed by atoms with Crippen LogP contribution in [0.3, 0.4) is 0 Å². The zero-order chi connectivity index (χ0) is 11.4. The Balaban J connectivity index is 2.35. The van der Waals surface area contributed by atoms with Gasteiger partial charge in [-0.3, -0.25) is 9.48 Å². The van der Waals surface area contributed by atoms with Crippen molar-refractivity contribution >= 4 is 5.97 Å². The summed E-state index contributed by atoms with van der Waals surface area (Å²) in [6, 6.07) is 1.98. The molecule has 1 N–H and O–H groups in total. The lowest BCUT2D eigenvalue weighted by atomic mass is 10.1. The van der Waals surface area contributed by atoms with Gasteiger partial charge in [0.1, 0.15) is 0 Å². The zero-order valence-corrected chi connectivity index (χ0v) is 9.48. The van der Waals surface area contributed by atoms with Crippen molar-refractivity contribution in [2.75, 3.05) is 0 Å². The molecule has 15 heavy (non-hydrogen) atoms. The van der Waals surface area contributed by atoms with E-state index in [-0.39, 0.29) is 17.3 Å². The van der Waals surface area contributed by atoms with E-state index in [1.165, 1.54) is 0 Å². The van der Waals surface area contributed by atoms with Crippen LogP contribution >= 0.6 is 0 Å². The summed E-state index contributed by atoms with van der Waals surface area (Å²) in [6.07, 6.45) is 0. The average molecular weight is 208 g/mol. The molecule has 0 radical (unpaired) electrons. The van der Waals surface area contributed by atoms with E-state index >= 15 is 0 Å². The number of nitrogens with zero attached hydrogens (tertiary/aromatic N) is 2. The Labute approximate surface area is 88.9 Å². The van der Waals surface area contributed by atoms with E-state index in [2.05, 4.69) is 5.10 Å². The van der Waals surface area contributed by atoms with Crippen LogP contribution in [0, 0.1) is 18.3 Å². The first-order chi connectivity index (χ1) is 6.85. The Morgan fingerprint density at radius 2 is 2.20 bits per heavy atom. The molecule has 1 heterocycles. The number of carboxylic acids is 1. The third-order valence-electron chi connectivity index (χ3n) is 3.45. The van der Waals surface area contributed by atoms with Gasteiger partial charge in [-0.2, -0.15) is 5.10 Å². The second-order valence-electron chi connectivity index (χ2n) is 4.95. The fourth-order valence-electron chi connectivity index (χ4n) is 2.57. The maximum Gasteiger partial charge on any atom is 0.307 e. The van der Waals surface area contributed by atoms with E-state index in [1.807, 2.05) is 33.9 Å². The molecular formula is C11H16N2O2. The first-order valence-corrected chi connectivity index (χ1v) is 5.09. The molecule has 1 saturated carbocycles. The minimum Gasteiger partial charge on any atom is -0.481 e. The average Bonchev–Trinajstić information content (AvgIpc) is 2.48. The fraction of sp³-hybridized carbons (Fsp3) is 0.636. The van der Waals surface area contributed by atoms with Gasteiger partial charge < -0.3 is 5.11 Å². The van der Waals surface area contributed by atoms with Crippen molar-refractivity contribution in [3.63, 3.8) is 0 Å². The van der Waals surface area contributed by atoms with E-state index in [0.29, 0.717) is 0 Å². The monoisotopic (exact) mass is 208 g/mol. The third kappa shape index (κ3) is 1.35. The second-order valence-corrected chi connectivity index (χ2v) is 4.95. The minimum absolute atomic E-state index is 0.0983. The Morgan fingerprint density at radius 3 is 2.53 bits per heavy atom. The number of hydrogen-bond acceptors (Lipinski definition) is 2. The maximum absolute atomic E-state index is 11.0. The molecule has 0 saturated heterocycles. The van der Waals surface area contributed by atoms with Gasteiger partial charge in [-0.15, -0.1) is 0 Å². The summed E-state index contributed by atoms with van der Waals surface area (Å²) in [5.74, 6) is -0.877. The highest BCUT2D eigenvalue weighted by molar-refractivity contribution is 5.77. The maximum atomic E-state index is 11.0. The van der Waals surface area contributed by atoms with Crippen molar-refractivity contribution in [2.24, 2.45) is 18.4 Å². The number of rotatable bonds is 2. The minimum atomic E-state index is -0.705. The molecule has 4 nitrogen and oxygen atoms in total. The molecule has 0 bridgehead atoms. The van der Waals surface area contributed by atoms with Crippen LogP contribution in [-0.2, 0) is 11.8 Å². The molecule has 1 aliphatic carbocycles. The smallest absolute Gasteiger partial charge is 0.307 e. The van der Waals surface area contributed by atoms with Gasteiger partial charge in [-0.05, 0) is 18.4 Å². The van der Waals surface area contributed by atoms with Gasteiger partial charge >= 0.3 is 5.97 Å². The van der Waals surface area contributed by atoms with E-state index in [4.69, 9.17) is 5.11 Å². The van der Waals surface area contributed by atoms with Crippen molar-refractivity contribution in [1.82, 2.24) is 9.78 Å². The van der Waals surface area contributed by atoms with Crippen LogP contribution in [0.5, 0.6) is 0 Å². The van der Waals surface area contributed by atoms with Crippen LogP contribution in [0.25, 0.3) is 0 Å². The molecule has 0 spiro atoms. The standard InChI is InChI=1S/C11H16N2O2/c1-6-5-7(13(4)12-6)8-9(10(14)15)11(8,2)3/h5,8-9H,1-4H3,(H,14,15)/t8-,9+/m0/s1. The van der Waals surface area contributed by atoms with Crippen LogP contribution in [0.4, 0.5) is 0 Å². The summed E-state index contributed by atoms with van der Waals surface area (Å²) >= 11 is 0. The van der Waals surface area contributed by atoms with Gasteiger partial charge in [-0.25, -0.2) is 0 Å². The molecule has 2 rings (SSSR count). The van der Waals surface area contributed by atoms with Crippen LogP contribution in [-0.4, -0.2) is 20.9 Å². The summed E-state index contributed by atoms with van der Waals surface area (Å²) in [7, 11) is 1.87. The number of aryl methyl sites for hydroxylation is 2. The van der Waals surface area contributed by atoms with Crippen molar-refractivity contribution in [3.8, 4) is 0 Å². The van der Waals surface area contributed by atoms with Crippen LogP contribution in [0.15, 0.2) is 6.07 Å². The highest BCUT2D eigenvalue weighted by Gasteiger charge is 2.63. The molecule has 1 fully saturated rings. The second kappa shape index (κ2) is 2.84. The lowest BCUT2D eigenvalue weighted by molar-refractivity contribution is -0.139. The summed E-state index contributed by atoms with van der Waals surface area (Å²) < 4.78 is 1.80. The van der Waals surface area contributed by atoms with E-state index in [9.17, 15) is 4.79 Å². The molecule has 2 atom stereocenters. The number of hydrogen-bond donors (Lipinski definition) is 1. The molecule has 4 heteroatoms. The summed E-state index contributed by atoms with van der Waals surface area (Å²) in [6.45, 7) is 5.92. The Hall–Kier alpha value is -1.32. The number of aliphatic carboxylic acids is 1. The largest absolute Gasteiger partial charge is 0.481 e. The highest BCUT2D eigenvalue weighted by Crippen LogP contribution is 2.64. The molecule has 0 aromatic carbocycles. The van der Waals surface area contributed by atoms with Crippen molar-refractivity contribution in [3.05, 3.63) is 17.5 Å². The molecular weight excluding hydrogens is 192 g/mol. The first kappa shape index (κ1) is 10.2. The predicted octanol–water partition coefficient (Wildman–Crippen LogP) is 1.55. The van der Waals surface area contributed by atoms with Gasteiger partial charge in [0.2, 0.25) is 0 Å². The molecule has 1 aromatic rings. The lowest BCUT2D eigenvalue weighted by Gasteiger charge is -2.02. The Kier molecular flexibility index (Phi) is 1.93. The molecule has 0 amide bonds. The van der Waals surface area contributed by atoms with Gasteiger partial charge in [0.25, 0.3) is 0 Å². The number of aromatic nitrogens is 2. The highest BCUT2D eigenvalue weighted by atomic mass is 16.4. The van der Waals surface area contributed by atoms with Crippen LogP contribution in [0.1, 0.15) is 31.2 Å². The topological polar surface area (TPSA) is 55.1 Å². The van der Waals surface area contributed by atoms with Crippen molar-refractivity contribution < 1.29 is 9.90 Å². The molecule has 82 valence electrons. The zero-order valence-electron chi connectivity index (χ0n) is 9.48. The van der Waals surface area contributed by atoms with Gasteiger partial charge in [0, 0.05) is 18.7 Å². The molecule has 1 aliphatic rings. The third-order valence-corrected chi connectivity index (χ3v) is 3.45. The van der Waals surface area contributed by atoms with Crippen LogP contribution < -0.4 is 0 Å². The number of carboxylic acid groups (broad SMARTS) is 1. The quantitative estimate of drug-likeness (QED) is 0.802. The lowest BCUT2D eigenvalue weighted by Crippen LogP contribution is -2.03. The predicted molar refractivity (Wildman–Crippen MR) is 55.6 cm³/mol. The SMILES string of the molecule is Cc1cc([C@H]2[C@H](C(=O)O)C2(C)C)n(C)n1. The molecule has 0 unspecified atom stereocenters. The van der Waals surface area contributed by atoms with E-state index in [0.717, 1.165) is 11.4 Å². The van der Waals surface area contributed by atoms with Crippen molar-refractivity contribution in [1.29, 1.82) is 0 Å². The van der Waals surface area contributed by atoms with Gasteiger partial charge in [0.15, 0.2) is 0 Å². The summed E-state index contributed by atoms with van der Waals surface area (Å²) in [5, 5.41) is 13.3. The Morgan fingerprint density at radius 1 is 1.60 bits per heavy atom. The summed E-state index contributed by atoms with van der Waals surface area (Å²) in [4.78, 5) is 11.0. The van der Waals surface area contributed by atoms with Gasteiger partial charge in [0.05, 0.1) is 11.6 Å². The first-order valence-electron chi connectivity index (χ1n) is 5.09. The summed E-state index contributed by atoms with van der Waals surface area (Å²) in [5.41, 5.74) is 1.83. The normalized spacial score (nSPS) is 27.7. The molecule has 0 aliphatic heterocycles. The van der Waals surface area contributed by atoms with Crippen molar-refractivity contribution in [2.45, 2.75) is 26.7 Å². The van der Waals surface area contributed by atoms with Crippen LogP contribution in [0.2, 0.25) is 0 Å². The number of carbonyl (C=O) groups is 1.